The van der Waals surface area contributed by atoms with Crippen LogP contribution in [0.1, 0.15) is 36.0 Å². The van der Waals surface area contributed by atoms with Gasteiger partial charge < -0.3 is 20.3 Å². The first-order chi connectivity index (χ1) is 10.4. The minimum absolute atomic E-state index is 0.0185. The van der Waals surface area contributed by atoms with E-state index in [9.17, 15) is 19.8 Å². The maximum atomic E-state index is 12.0. The quantitative estimate of drug-likeness (QED) is 0.727. The number of phenols is 1. The van der Waals surface area contributed by atoms with Gasteiger partial charge in [0.2, 0.25) is 0 Å². The molecule has 0 aliphatic heterocycles. The first-order valence-electron chi connectivity index (χ1n) is 7.31. The number of aromatic hydroxyl groups is 1. The molecule has 1 aromatic carbocycles. The summed E-state index contributed by atoms with van der Waals surface area (Å²) in [6, 6.07) is 6.03. The molecule has 0 radical (unpaired) electrons. The van der Waals surface area contributed by atoms with E-state index < -0.39 is 5.60 Å². The molecule has 6 heteroatoms. The van der Waals surface area contributed by atoms with Gasteiger partial charge in [0.1, 0.15) is 5.75 Å². The average molecular weight is 307 g/mol. The molecule has 0 atom stereocenters. The molecule has 1 amide bonds. The molecule has 1 fully saturated rings. The van der Waals surface area contributed by atoms with Crippen molar-refractivity contribution in [3.05, 3.63) is 29.8 Å². The van der Waals surface area contributed by atoms with Crippen LogP contribution in [-0.2, 0) is 9.53 Å². The van der Waals surface area contributed by atoms with Crippen molar-refractivity contribution >= 4 is 11.9 Å². The zero-order chi connectivity index (χ0) is 16.2. The van der Waals surface area contributed by atoms with E-state index in [4.69, 9.17) is 4.74 Å². The number of ether oxygens (including phenoxy) is 1. The van der Waals surface area contributed by atoms with E-state index in [1.165, 1.54) is 19.2 Å². The number of rotatable bonds is 4. The molecule has 0 spiro atoms. The fourth-order valence-electron chi connectivity index (χ4n) is 2.73. The van der Waals surface area contributed by atoms with Gasteiger partial charge in [-0.05, 0) is 43.9 Å². The normalized spacial score (nSPS) is 24.5. The second-order valence-corrected chi connectivity index (χ2v) is 5.75. The largest absolute Gasteiger partial charge is 0.508 e. The van der Waals surface area contributed by atoms with Gasteiger partial charge >= 0.3 is 5.97 Å². The third-order valence-corrected chi connectivity index (χ3v) is 4.14. The number of carbonyl (C=O) groups excluding carboxylic acids is 2. The Kier molecular flexibility index (Phi) is 5.03. The Labute approximate surface area is 129 Å². The van der Waals surface area contributed by atoms with Crippen LogP contribution in [0.4, 0.5) is 0 Å². The third-order valence-electron chi connectivity index (χ3n) is 4.14. The van der Waals surface area contributed by atoms with Crippen LogP contribution in [0.5, 0.6) is 5.75 Å². The molecule has 1 saturated carbocycles. The van der Waals surface area contributed by atoms with Gasteiger partial charge in [0.15, 0.2) is 0 Å². The van der Waals surface area contributed by atoms with Gasteiger partial charge in [-0.3, -0.25) is 9.59 Å². The number of hydrogen-bond acceptors (Lipinski definition) is 5. The Morgan fingerprint density at radius 3 is 2.64 bits per heavy atom. The monoisotopic (exact) mass is 307 g/mol. The number of benzene rings is 1. The van der Waals surface area contributed by atoms with Crippen molar-refractivity contribution in [2.75, 3.05) is 13.7 Å². The van der Waals surface area contributed by atoms with Crippen LogP contribution in [0.15, 0.2) is 24.3 Å². The van der Waals surface area contributed by atoms with E-state index in [2.05, 4.69) is 5.32 Å². The molecule has 3 N–H and O–H groups in total. The topological polar surface area (TPSA) is 95.9 Å². The number of aliphatic hydroxyl groups is 1. The second kappa shape index (κ2) is 6.79. The molecule has 1 aromatic rings. The van der Waals surface area contributed by atoms with Crippen molar-refractivity contribution in [1.29, 1.82) is 0 Å². The highest BCUT2D eigenvalue weighted by atomic mass is 16.5. The number of methoxy groups -OCH3 is 1. The lowest BCUT2D eigenvalue weighted by Crippen LogP contribution is -2.46. The summed E-state index contributed by atoms with van der Waals surface area (Å²) in [6.45, 7) is 0.120. The minimum atomic E-state index is -1.00. The summed E-state index contributed by atoms with van der Waals surface area (Å²) in [6.07, 6.45) is 1.97. The zero-order valence-electron chi connectivity index (χ0n) is 12.5. The summed E-state index contributed by atoms with van der Waals surface area (Å²) in [5, 5.41) is 22.5. The Morgan fingerprint density at radius 2 is 2.05 bits per heavy atom. The first kappa shape index (κ1) is 16.3. The van der Waals surface area contributed by atoms with Gasteiger partial charge in [0.25, 0.3) is 5.91 Å². The Hall–Kier alpha value is -2.08. The van der Waals surface area contributed by atoms with Crippen molar-refractivity contribution < 1.29 is 24.5 Å². The lowest BCUT2D eigenvalue weighted by Gasteiger charge is -2.35. The molecule has 0 heterocycles. The Balaban J connectivity index is 1.86. The summed E-state index contributed by atoms with van der Waals surface area (Å²) in [5.41, 5.74) is -0.663. The highest BCUT2D eigenvalue weighted by Crippen LogP contribution is 2.32. The van der Waals surface area contributed by atoms with Gasteiger partial charge in [-0.25, -0.2) is 0 Å². The molecule has 0 bridgehead atoms. The van der Waals surface area contributed by atoms with Crippen LogP contribution in [0.25, 0.3) is 0 Å². The fourth-order valence-corrected chi connectivity index (χ4v) is 2.73. The maximum Gasteiger partial charge on any atom is 0.308 e. The van der Waals surface area contributed by atoms with Crippen molar-refractivity contribution in [3.63, 3.8) is 0 Å². The van der Waals surface area contributed by atoms with Gasteiger partial charge in [-0.1, -0.05) is 6.07 Å². The van der Waals surface area contributed by atoms with E-state index in [0.29, 0.717) is 31.2 Å². The van der Waals surface area contributed by atoms with E-state index >= 15 is 0 Å². The second-order valence-electron chi connectivity index (χ2n) is 5.75. The van der Waals surface area contributed by atoms with Crippen LogP contribution in [-0.4, -0.2) is 41.3 Å². The van der Waals surface area contributed by atoms with E-state index in [1.54, 1.807) is 12.1 Å². The standard InChI is InChI=1S/C16H21NO5/c1-22-15(20)11-5-7-16(21,8-6-11)10-17-14(19)12-3-2-4-13(18)9-12/h2-4,9,11,18,21H,5-8,10H2,1H3,(H,17,19). The Bertz CT molecular complexity index is 549. The first-order valence-corrected chi connectivity index (χ1v) is 7.31. The van der Waals surface area contributed by atoms with E-state index in [1.807, 2.05) is 0 Å². The predicted molar refractivity (Wildman–Crippen MR) is 79.4 cm³/mol. The lowest BCUT2D eigenvalue weighted by atomic mass is 9.78. The number of amides is 1. The van der Waals surface area contributed by atoms with Crippen molar-refractivity contribution in [2.45, 2.75) is 31.3 Å². The van der Waals surface area contributed by atoms with E-state index in [-0.39, 0.29) is 30.1 Å². The van der Waals surface area contributed by atoms with Crippen molar-refractivity contribution in [2.24, 2.45) is 5.92 Å². The highest BCUT2D eigenvalue weighted by Gasteiger charge is 2.36. The van der Waals surface area contributed by atoms with Crippen molar-refractivity contribution in [3.8, 4) is 5.75 Å². The predicted octanol–water partition coefficient (Wildman–Crippen LogP) is 1.22. The highest BCUT2D eigenvalue weighted by molar-refractivity contribution is 5.94. The number of nitrogens with one attached hydrogen (secondary N) is 1. The number of phenolic OH excluding ortho intramolecular Hbond substituents is 1. The number of esters is 1. The minimum Gasteiger partial charge on any atom is -0.508 e. The number of hydrogen-bond donors (Lipinski definition) is 3. The molecule has 22 heavy (non-hydrogen) atoms. The molecule has 2 rings (SSSR count). The summed E-state index contributed by atoms with van der Waals surface area (Å²) in [7, 11) is 1.36. The summed E-state index contributed by atoms with van der Waals surface area (Å²) >= 11 is 0. The molecule has 6 nitrogen and oxygen atoms in total. The molecule has 1 aliphatic carbocycles. The van der Waals surface area contributed by atoms with Gasteiger partial charge in [-0.15, -0.1) is 0 Å². The molecule has 0 unspecified atom stereocenters. The van der Waals surface area contributed by atoms with Crippen LogP contribution in [0.2, 0.25) is 0 Å². The zero-order valence-corrected chi connectivity index (χ0v) is 12.5. The summed E-state index contributed by atoms with van der Waals surface area (Å²) < 4.78 is 4.71. The van der Waals surface area contributed by atoms with Gasteiger partial charge in [0.05, 0.1) is 18.6 Å². The molecule has 0 saturated heterocycles. The van der Waals surface area contributed by atoms with Crippen molar-refractivity contribution in [1.82, 2.24) is 5.32 Å². The van der Waals surface area contributed by atoms with Crippen LogP contribution in [0.3, 0.4) is 0 Å². The molecular weight excluding hydrogens is 286 g/mol. The maximum absolute atomic E-state index is 12.0. The molecule has 0 aromatic heterocycles. The molecular formula is C16H21NO5. The smallest absolute Gasteiger partial charge is 0.308 e. The fraction of sp³-hybridized carbons (Fsp3) is 0.500. The van der Waals surface area contributed by atoms with Gasteiger partial charge in [-0.2, -0.15) is 0 Å². The molecule has 120 valence electrons. The third kappa shape index (κ3) is 3.98. The Morgan fingerprint density at radius 1 is 1.36 bits per heavy atom. The van der Waals surface area contributed by atoms with Crippen LogP contribution >= 0.6 is 0 Å². The van der Waals surface area contributed by atoms with E-state index in [0.717, 1.165) is 0 Å². The molecule has 1 aliphatic rings. The van der Waals surface area contributed by atoms with Crippen LogP contribution < -0.4 is 5.32 Å². The van der Waals surface area contributed by atoms with Gasteiger partial charge in [0, 0.05) is 12.1 Å². The lowest BCUT2D eigenvalue weighted by molar-refractivity contribution is -0.148. The summed E-state index contributed by atoms with van der Waals surface area (Å²) in [4.78, 5) is 23.5. The average Bonchev–Trinajstić information content (AvgIpc) is 2.52. The summed E-state index contributed by atoms with van der Waals surface area (Å²) in [5.74, 6) is -0.748. The van der Waals surface area contributed by atoms with Crippen LogP contribution in [0, 0.1) is 5.92 Å². The number of carbonyl (C=O) groups is 2. The SMILES string of the molecule is COC(=O)C1CCC(O)(CNC(=O)c2cccc(O)c2)CC1.